The Kier molecular flexibility index (Phi) is 3.14. The largest absolute Gasteiger partial charge is 0.390 e. The van der Waals surface area contributed by atoms with Crippen LogP contribution in [0.2, 0.25) is 0 Å². The van der Waals surface area contributed by atoms with Crippen molar-refractivity contribution < 1.29 is 13.6 Å². The number of nitrogens with zero attached hydrogens (tertiary/aromatic N) is 1. The fourth-order valence-corrected chi connectivity index (χ4v) is 1.65. The van der Waals surface area contributed by atoms with Gasteiger partial charge in [-0.25, -0.2) is 8.78 Å². The van der Waals surface area contributed by atoms with Crippen molar-refractivity contribution in [2.45, 2.75) is 12.5 Å². The number of benzene rings is 1. The van der Waals surface area contributed by atoms with E-state index in [4.69, 9.17) is 4.84 Å². The van der Waals surface area contributed by atoms with E-state index in [2.05, 4.69) is 10.5 Å². The maximum Gasteiger partial charge on any atom is 0.145 e. The predicted molar refractivity (Wildman–Crippen MR) is 56.3 cm³/mol. The Morgan fingerprint density at radius 1 is 1.50 bits per heavy atom. The van der Waals surface area contributed by atoms with Gasteiger partial charge in [0.1, 0.15) is 17.7 Å². The van der Waals surface area contributed by atoms with E-state index in [0.717, 1.165) is 6.07 Å². The molecule has 3 nitrogen and oxygen atoms in total. The highest BCUT2D eigenvalue weighted by Gasteiger charge is 2.23. The summed E-state index contributed by atoms with van der Waals surface area (Å²) >= 11 is 0. The van der Waals surface area contributed by atoms with Gasteiger partial charge < -0.3 is 10.2 Å². The third-order valence-electron chi connectivity index (χ3n) is 2.41. The van der Waals surface area contributed by atoms with E-state index in [-0.39, 0.29) is 6.10 Å². The number of oxime groups is 1. The lowest BCUT2D eigenvalue weighted by atomic mass is 10.0. The van der Waals surface area contributed by atoms with Crippen molar-refractivity contribution >= 4 is 5.71 Å². The maximum absolute atomic E-state index is 13.4. The van der Waals surface area contributed by atoms with E-state index in [0.29, 0.717) is 24.2 Å². The highest BCUT2D eigenvalue weighted by Crippen LogP contribution is 2.19. The van der Waals surface area contributed by atoms with Gasteiger partial charge in [0, 0.05) is 24.6 Å². The van der Waals surface area contributed by atoms with Crippen LogP contribution in [0.3, 0.4) is 0 Å². The minimum Gasteiger partial charge on any atom is -0.390 e. The zero-order valence-corrected chi connectivity index (χ0v) is 8.84. The zero-order chi connectivity index (χ0) is 11.5. The summed E-state index contributed by atoms with van der Waals surface area (Å²) in [5.41, 5.74) is 0.831. The molecule has 0 saturated carbocycles. The van der Waals surface area contributed by atoms with E-state index in [1.807, 2.05) is 0 Å². The molecule has 0 aromatic heterocycles. The summed E-state index contributed by atoms with van der Waals surface area (Å²) < 4.78 is 26.1. The van der Waals surface area contributed by atoms with Crippen molar-refractivity contribution in [3.8, 4) is 0 Å². The first-order chi connectivity index (χ1) is 7.70. The average molecular weight is 226 g/mol. The molecule has 86 valence electrons. The van der Waals surface area contributed by atoms with Gasteiger partial charge in [-0.2, -0.15) is 0 Å². The van der Waals surface area contributed by atoms with Crippen LogP contribution in [-0.2, 0) is 4.84 Å². The molecular weight excluding hydrogens is 214 g/mol. The van der Waals surface area contributed by atoms with Crippen molar-refractivity contribution in [3.63, 3.8) is 0 Å². The first-order valence-electron chi connectivity index (χ1n) is 5.03. The van der Waals surface area contributed by atoms with Gasteiger partial charge in [0.25, 0.3) is 0 Å². The highest BCUT2D eigenvalue weighted by molar-refractivity contribution is 6.01. The number of rotatable bonds is 3. The summed E-state index contributed by atoms with van der Waals surface area (Å²) in [7, 11) is 1.81. The summed E-state index contributed by atoms with van der Waals surface area (Å²) in [6.07, 6.45) is 0.452. The molecule has 1 heterocycles. The molecule has 1 aromatic carbocycles. The lowest BCUT2D eigenvalue weighted by Gasteiger charge is -2.05. The van der Waals surface area contributed by atoms with Crippen LogP contribution in [-0.4, -0.2) is 25.4 Å². The minimum absolute atomic E-state index is 0.0792. The fraction of sp³-hybridized carbons (Fsp3) is 0.364. The Morgan fingerprint density at radius 2 is 2.31 bits per heavy atom. The van der Waals surface area contributed by atoms with Crippen LogP contribution in [0.25, 0.3) is 0 Å². The lowest BCUT2D eigenvalue weighted by Crippen LogP contribution is -2.23. The molecule has 1 aliphatic heterocycles. The predicted octanol–water partition coefficient (Wildman–Crippen LogP) is 1.68. The highest BCUT2D eigenvalue weighted by atomic mass is 19.1. The van der Waals surface area contributed by atoms with Crippen molar-refractivity contribution in [1.29, 1.82) is 0 Å². The summed E-state index contributed by atoms with van der Waals surface area (Å²) in [4.78, 5) is 5.11. The normalized spacial score (nSPS) is 19.4. The molecule has 1 aromatic rings. The fourth-order valence-electron chi connectivity index (χ4n) is 1.65. The molecule has 0 saturated heterocycles. The Bertz CT molecular complexity index is 420. The topological polar surface area (TPSA) is 33.6 Å². The molecular formula is C11H12F2N2O. The molecule has 1 N–H and O–H groups in total. The second-order valence-electron chi connectivity index (χ2n) is 3.65. The van der Waals surface area contributed by atoms with E-state index in [9.17, 15) is 8.78 Å². The molecule has 16 heavy (non-hydrogen) atoms. The molecule has 0 aliphatic carbocycles. The second-order valence-corrected chi connectivity index (χ2v) is 3.65. The Morgan fingerprint density at radius 3 is 3.00 bits per heavy atom. The Hall–Kier alpha value is -1.49. The van der Waals surface area contributed by atoms with E-state index < -0.39 is 11.6 Å². The van der Waals surface area contributed by atoms with Gasteiger partial charge in [0.2, 0.25) is 0 Å². The first kappa shape index (κ1) is 11.0. The number of likely N-dealkylation sites (N-methyl/N-ethyl adjacent to an activating group) is 1. The zero-order valence-electron chi connectivity index (χ0n) is 8.84. The summed E-state index contributed by atoms with van der Waals surface area (Å²) in [5, 5.41) is 6.76. The van der Waals surface area contributed by atoms with Crippen LogP contribution in [0.4, 0.5) is 8.78 Å². The molecule has 1 atom stereocenters. The molecule has 5 heteroatoms. The van der Waals surface area contributed by atoms with Crippen molar-refractivity contribution in [3.05, 3.63) is 35.4 Å². The van der Waals surface area contributed by atoms with Gasteiger partial charge in [-0.3, -0.25) is 0 Å². The number of halogens is 2. The molecule has 1 unspecified atom stereocenters. The third kappa shape index (κ3) is 2.19. The Labute approximate surface area is 92.1 Å². The van der Waals surface area contributed by atoms with Gasteiger partial charge >= 0.3 is 0 Å². The van der Waals surface area contributed by atoms with Crippen LogP contribution >= 0.6 is 0 Å². The van der Waals surface area contributed by atoms with Gasteiger partial charge in [0.05, 0.1) is 5.71 Å². The van der Waals surface area contributed by atoms with Crippen LogP contribution in [0, 0.1) is 11.6 Å². The van der Waals surface area contributed by atoms with Crippen LogP contribution in [0.5, 0.6) is 0 Å². The lowest BCUT2D eigenvalue weighted by molar-refractivity contribution is 0.0866. The number of nitrogens with one attached hydrogen (secondary N) is 1. The van der Waals surface area contributed by atoms with Crippen molar-refractivity contribution in [2.75, 3.05) is 13.6 Å². The van der Waals surface area contributed by atoms with E-state index in [1.54, 1.807) is 7.05 Å². The van der Waals surface area contributed by atoms with Gasteiger partial charge in [-0.1, -0.05) is 5.16 Å². The monoisotopic (exact) mass is 226 g/mol. The standard InChI is InChI=1S/C11H12F2N2O/c1-14-6-8-5-11(15-16-8)9-3-2-7(12)4-10(9)13/h2-4,8,14H,5-6H2,1H3. The van der Waals surface area contributed by atoms with E-state index in [1.165, 1.54) is 12.1 Å². The number of hydrogen-bond donors (Lipinski definition) is 1. The van der Waals surface area contributed by atoms with Crippen molar-refractivity contribution in [1.82, 2.24) is 5.32 Å². The molecule has 0 amide bonds. The SMILES string of the molecule is CNCC1CC(c2ccc(F)cc2F)=NO1. The minimum atomic E-state index is -0.604. The number of hydrogen-bond acceptors (Lipinski definition) is 3. The van der Waals surface area contributed by atoms with Crippen LogP contribution in [0.1, 0.15) is 12.0 Å². The van der Waals surface area contributed by atoms with Crippen LogP contribution in [0.15, 0.2) is 23.4 Å². The van der Waals surface area contributed by atoms with Crippen LogP contribution < -0.4 is 5.32 Å². The van der Waals surface area contributed by atoms with Gasteiger partial charge in [0.15, 0.2) is 0 Å². The average Bonchev–Trinajstić information content (AvgIpc) is 2.67. The molecule has 1 aliphatic rings. The quantitative estimate of drug-likeness (QED) is 0.850. The van der Waals surface area contributed by atoms with Gasteiger partial charge in [-0.15, -0.1) is 0 Å². The van der Waals surface area contributed by atoms with Gasteiger partial charge in [-0.05, 0) is 19.2 Å². The molecule has 0 bridgehead atoms. The smallest absolute Gasteiger partial charge is 0.145 e. The molecule has 0 spiro atoms. The summed E-state index contributed by atoms with van der Waals surface area (Å²) in [6, 6.07) is 3.45. The second kappa shape index (κ2) is 4.57. The summed E-state index contributed by atoms with van der Waals surface area (Å²) in [6.45, 7) is 0.649. The van der Waals surface area contributed by atoms with Crippen molar-refractivity contribution in [2.24, 2.45) is 5.16 Å². The molecule has 2 rings (SSSR count). The maximum atomic E-state index is 13.4. The third-order valence-corrected chi connectivity index (χ3v) is 2.41. The van der Waals surface area contributed by atoms with E-state index >= 15 is 0 Å². The molecule has 0 radical (unpaired) electrons. The Balaban J connectivity index is 2.14. The molecule has 0 fully saturated rings. The first-order valence-corrected chi connectivity index (χ1v) is 5.03. The summed E-state index contributed by atoms with van der Waals surface area (Å²) in [5.74, 6) is -1.19.